The highest BCUT2D eigenvalue weighted by Crippen LogP contribution is 2.33. The molecule has 0 amide bonds. The third-order valence-corrected chi connectivity index (χ3v) is 5.71. The Hall–Kier alpha value is -1.99. The van der Waals surface area contributed by atoms with Crippen LogP contribution in [0.3, 0.4) is 0 Å². The number of anilines is 1. The Kier molecular flexibility index (Phi) is 5.22. The van der Waals surface area contributed by atoms with Crippen molar-refractivity contribution in [3.8, 4) is 0 Å². The minimum absolute atomic E-state index is 0.657. The smallest absolute Gasteiger partial charge is 0.234 e. The first kappa shape index (κ1) is 16.5. The van der Waals surface area contributed by atoms with E-state index >= 15 is 0 Å². The summed E-state index contributed by atoms with van der Waals surface area (Å²) in [6.45, 7) is 5.38. The Morgan fingerprint density at radius 2 is 1.80 bits per heavy atom. The molecule has 2 fully saturated rings. The molecule has 6 nitrogen and oxygen atoms in total. The van der Waals surface area contributed by atoms with Crippen LogP contribution in [0, 0.1) is 0 Å². The average Bonchev–Trinajstić information content (AvgIpc) is 3.17. The maximum atomic E-state index is 5.34. The fourth-order valence-electron chi connectivity index (χ4n) is 3.34. The van der Waals surface area contributed by atoms with Crippen LogP contribution in [0.15, 0.2) is 35.3 Å². The summed E-state index contributed by atoms with van der Waals surface area (Å²) in [5.74, 6) is 0.657. The summed E-state index contributed by atoms with van der Waals surface area (Å²) in [4.78, 5) is 8.97. The molecule has 2 aromatic rings. The van der Waals surface area contributed by atoms with Crippen LogP contribution in [0.5, 0.6) is 0 Å². The van der Waals surface area contributed by atoms with Gasteiger partial charge in [0.25, 0.3) is 0 Å². The first-order valence-corrected chi connectivity index (χ1v) is 9.69. The fraction of sp³-hybridized carbons (Fsp3) is 0.500. The third kappa shape index (κ3) is 4.16. The molecular weight excluding hydrogens is 334 g/mol. The third-order valence-electron chi connectivity index (χ3n) is 4.82. The highest BCUT2D eigenvalue weighted by Gasteiger charge is 2.22. The molecule has 132 valence electrons. The van der Waals surface area contributed by atoms with Crippen molar-refractivity contribution in [2.75, 3.05) is 44.3 Å². The number of ether oxygens (including phenoxy) is 1. The van der Waals surface area contributed by atoms with E-state index in [1.165, 1.54) is 5.56 Å². The molecule has 2 aliphatic heterocycles. The van der Waals surface area contributed by atoms with Crippen LogP contribution in [0.1, 0.15) is 24.3 Å². The lowest BCUT2D eigenvalue weighted by atomic mass is 9.90. The molecule has 0 atom stereocenters. The highest BCUT2D eigenvalue weighted by molar-refractivity contribution is 7.18. The summed E-state index contributed by atoms with van der Waals surface area (Å²) >= 11 is 1.57. The molecule has 0 spiro atoms. The van der Waals surface area contributed by atoms with E-state index in [1.54, 1.807) is 11.3 Å². The molecule has 0 aliphatic carbocycles. The van der Waals surface area contributed by atoms with Gasteiger partial charge in [0.2, 0.25) is 10.3 Å². The number of rotatable bonds is 4. The van der Waals surface area contributed by atoms with Gasteiger partial charge >= 0.3 is 0 Å². The Morgan fingerprint density at radius 1 is 1.04 bits per heavy atom. The van der Waals surface area contributed by atoms with Crippen molar-refractivity contribution < 1.29 is 4.74 Å². The van der Waals surface area contributed by atoms with Crippen molar-refractivity contribution >= 4 is 27.9 Å². The second kappa shape index (κ2) is 7.93. The maximum Gasteiger partial charge on any atom is 0.234 e. The quantitative estimate of drug-likeness (QED) is 0.622. The van der Waals surface area contributed by atoms with Crippen LogP contribution < -0.4 is 4.90 Å². The SMILES string of the molecule is C(=N\c1nnc(N2CCC(c3ccccc3)CC2)s1)/N1CCOCC1. The van der Waals surface area contributed by atoms with E-state index in [0.29, 0.717) is 5.92 Å². The van der Waals surface area contributed by atoms with Crippen molar-refractivity contribution in [1.82, 2.24) is 15.1 Å². The highest BCUT2D eigenvalue weighted by atomic mass is 32.1. The molecule has 1 aromatic carbocycles. The van der Waals surface area contributed by atoms with Gasteiger partial charge in [-0.15, -0.1) is 10.2 Å². The van der Waals surface area contributed by atoms with Gasteiger partial charge in [-0.1, -0.05) is 41.7 Å². The second-order valence-corrected chi connectivity index (χ2v) is 7.37. The van der Waals surface area contributed by atoms with Gasteiger partial charge in [-0.3, -0.25) is 0 Å². The molecule has 4 rings (SSSR count). The number of hydrogen-bond donors (Lipinski definition) is 0. The number of aliphatic imine (C=N–C) groups is 1. The normalized spacial score (nSPS) is 19.7. The van der Waals surface area contributed by atoms with Gasteiger partial charge in [0, 0.05) is 26.2 Å². The van der Waals surface area contributed by atoms with Crippen LogP contribution in [-0.4, -0.2) is 60.8 Å². The van der Waals surface area contributed by atoms with Gasteiger partial charge in [-0.2, -0.15) is 0 Å². The van der Waals surface area contributed by atoms with E-state index < -0.39 is 0 Å². The van der Waals surface area contributed by atoms with Gasteiger partial charge in [-0.05, 0) is 24.3 Å². The van der Waals surface area contributed by atoms with E-state index in [4.69, 9.17) is 4.74 Å². The summed E-state index contributed by atoms with van der Waals surface area (Å²) in [6.07, 6.45) is 4.19. The predicted octanol–water partition coefficient (Wildman–Crippen LogP) is 2.91. The Bertz CT molecular complexity index is 691. The standard InChI is InChI=1S/C18H23N5OS/c1-2-4-15(5-3-1)16-6-8-23(9-7-16)18-21-20-17(25-18)19-14-22-10-12-24-13-11-22/h1-5,14,16H,6-13H2/b19-14+. The second-order valence-electron chi connectivity index (χ2n) is 6.43. The molecule has 0 N–H and O–H groups in total. The van der Waals surface area contributed by atoms with Gasteiger partial charge in [0.1, 0.15) is 0 Å². The van der Waals surface area contributed by atoms with Crippen LogP contribution in [-0.2, 0) is 4.74 Å². The molecule has 0 radical (unpaired) electrons. The molecule has 1 aromatic heterocycles. The number of morpholine rings is 1. The largest absolute Gasteiger partial charge is 0.378 e. The molecular formula is C18H23N5OS. The summed E-state index contributed by atoms with van der Waals surface area (Å²) in [5, 5.41) is 10.3. The van der Waals surface area contributed by atoms with Crippen molar-refractivity contribution in [3.63, 3.8) is 0 Å². The fourth-order valence-corrected chi connectivity index (χ4v) is 4.08. The average molecular weight is 357 g/mol. The Morgan fingerprint density at radius 3 is 2.56 bits per heavy atom. The Labute approximate surface area is 152 Å². The topological polar surface area (TPSA) is 53.9 Å². The summed E-state index contributed by atoms with van der Waals surface area (Å²) < 4.78 is 5.34. The zero-order valence-electron chi connectivity index (χ0n) is 14.3. The number of piperidine rings is 1. The minimum atomic E-state index is 0.657. The molecule has 0 bridgehead atoms. The maximum absolute atomic E-state index is 5.34. The minimum Gasteiger partial charge on any atom is -0.378 e. The molecule has 25 heavy (non-hydrogen) atoms. The van der Waals surface area contributed by atoms with Crippen LogP contribution in [0.25, 0.3) is 0 Å². The monoisotopic (exact) mass is 357 g/mol. The molecule has 2 saturated heterocycles. The van der Waals surface area contributed by atoms with E-state index in [-0.39, 0.29) is 0 Å². The lowest BCUT2D eigenvalue weighted by molar-refractivity contribution is 0.0701. The molecule has 0 unspecified atom stereocenters. The number of benzene rings is 1. The van der Waals surface area contributed by atoms with Gasteiger partial charge in [0.05, 0.1) is 19.6 Å². The van der Waals surface area contributed by atoms with E-state index in [0.717, 1.165) is 62.5 Å². The van der Waals surface area contributed by atoms with Crippen molar-refractivity contribution in [2.45, 2.75) is 18.8 Å². The number of hydrogen-bond acceptors (Lipinski definition) is 6. The molecule has 7 heteroatoms. The van der Waals surface area contributed by atoms with E-state index in [2.05, 4.69) is 55.3 Å². The zero-order chi connectivity index (χ0) is 16.9. The summed E-state index contributed by atoms with van der Waals surface area (Å²) in [7, 11) is 0. The zero-order valence-corrected chi connectivity index (χ0v) is 15.1. The van der Waals surface area contributed by atoms with Gasteiger partial charge in [0.15, 0.2) is 0 Å². The van der Waals surface area contributed by atoms with E-state index in [1.807, 2.05) is 6.34 Å². The number of nitrogens with zero attached hydrogens (tertiary/aromatic N) is 5. The van der Waals surface area contributed by atoms with Crippen LogP contribution in [0.4, 0.5) is 10.3 Å². The first-order chi connectivity index (χ1) is 12.4. The predicted molar refractivity (Wildman–Crippen MR) is 101 cm³/mol. The summed E-state index contributed by atoms with van der Waals surface area (Å²) in [6, 6.07) is 10.8. The van der Waals surface area contributed by atoms with Crippen LogP contribution in [0.2, 0.25) is 0 Å². The van der Waals surface area contributed by atoms with Gasteiger partial charge < -0.3 is 14.5 Å². The van der Waals surface area contributed by atoms with E-state index in [9.17, 15) is 0 Å². The first-order valence-electron chi connectivity index (χ1n) is 8.88. The van der Waals surface area contributed by atoms with Crippen LogP contribution >= 0.6 is 11.3 Å². The molecule has 2 aliphatic rings. The van der Waals surface area contributed by atoms with Gasteiger partial charge in [-0.25, -0.2) is 4.99 Å². The molecule has 3 heterocycles. The van der Waals surface area contributed by atoms with Crippen molar-refractivity contribution in [1.29, 1.82) is 0 Å². The molecule has 0 saturated carbocycles. The lowest BCUT2D eigenvalue weighted by Crippen LogP contribution is -2.34. The lowest BCUT2D eigenvalue weighted by Gasteiger charge is -2.31. The van der Waals surface area contributed by atoms with Crippen molar-refractivity contribution in [3.05, 3.63) is 35.9 Å². The number of aromatic nitrogens is 2. The van der Waals surface area contributed by atoms with Crippen molar-refractivity contribution in [2.24, 2.45) is 4.99 Å². The summed E-state index contributed by atoms with van der Waals surface area (Å²) in [5.41, 5.74) is 1.45. The Balaban J connectivity index is 1.33.